The summed E-state index contributed by atoms with van der Waals surface area (Å²) in [5.41, 5.74) is 0.648. The fourth-order valence-electron chi connectivity index (χ4n) is 3.72. The van der Waals surface area contributed by atoms with Crippen LogP contribution in [0, 0.1) is 0 Å². The Labute approximate surface area is 225 Å². The first-order valence-corrected chi connectivity index (χ1v) is 13.2. The Morgan fingerprint density at radius 3 is 2.41 bits per heavy atom. The summed E-state index contributed by atoms with van der Waals surface area (Å²) in [6.07, 6.45) is -1.07. The smallest absolute Gasteiger partial charge is 0.338 e. The second-order valence-corrected chi connectivity index (χ2v) is 10.5. The van der Waals surface area contributed by atoms with E-state index in [2.05, 4.69) is 5.32 Å². The lowest BCUT2D eigenvalue weighted by molar-refractivity contribution is -0.137. The number of benzene rings is 3. The van der Waals surface area contributed by atoms with Crippen LogP contribution in [0.5, 0.6) is 17.2 Å². The molecule has 0 aliphatic carbocycles. The number of sulfonamides is 1. The first-order valence-electron chi connectivity index (χ1n) is 11.8. The maximum atomic E-state index is 13.3. The lowest BCUT2D eigenvalue weighted by Crippen LogP contribution is -2.47. The van der Waals surface area contributed by atoms with Gasteiger partial charge in [0, 0.05) is 13.6 Å². The molecule has 4 rings (SSSR count). The minimum absolute atomic E-state index is 0.0334. The molecule has 3 aromatic rings. The molecular formula is C27H26N2O9S. The lowest BCUT2D eigenvalue weighted by Gasteiger charge is -2.25. The van der Waals surface area contributed by atoms with Crippen molar-refractivity contribution in [1.82, 2.24) is 9.62 Å². The summed E-state index contributed by atoms with van der Waals surface area (Å²) in [6, 6.07) is 19.5. The zero-order valence-electron chi connectivity index (χ0n) is 21.2. The summed E-state index contributed by atoms with van der Waals surface area (Å²) in [7, 11) is -1.35. The highest BCUT2D eigenvalue weighted by molar-refractivity contribution is 7.89. The third-order valence-corrected chi connectivity index (χ3v) is 7.56. The molecule has 0 aromatic heterocycles. The van der Waals surface area contributed by atoms with Crippen LogP contribution >= 0.6 is 0 Å². The number of hydrogen-bond acceptors (Lipinski definition) is 9. The number of fused-ring (bicyclic) bond motifs is 1. The second-order valence-electron chi connectivity index (χ2n) is 8.47. The molecule has 1 atom stereocenters. The number of ether oxygens (including phenoxy) is 4. The molecule has 12 heteroatoms. The molecule has 0 spiro atoms. The van der Waals surface area contributed by atoms with Crippen LogP contribution in [0.4, 0.5) is 0 Å². The van der Waals surface area contributed by atoms with E-state index in [0.717, 1.165) is 15.9 Å². The number of carbonyl (C=O) groups excluding carboxylic acids is 3. The van der Waals surface area contributed by atoms with Crippen molar-refractivity contribution in [3.63, 3.8) is 0 Å². The number of amides is 2. The summed E-state index contributed by atoms with van der Waals surface area (Å²) >= 11 is 0. The van der Waals surface area contributed by atoms with Crippen LogP contribution in [0.3, 0.4) is 0 Å². The van der Waals surface area contributed by atoms with Gasteiger partial charge in [0.1, 0.15) is 17.3 Å². The highest BCUT2D eigenvalue weighted by Gasteiger charge is 2.29. The topological polar surface area (TPSA) is 138 Å². The minimum Gasteiger partial charge on any atom is -0.495 e. The molecule has 1 N–H and O–H groups in total. The SMILES string of the molecule is COc1ccc(C(=O)OCC(=O)NC(=O)[C@H]2COc3ccccc3O2)cc1S(=O)(=O)N(C)Cc1ccccc1. The Hall–Kier alpha value is -4.42. The van der Waals surface area contributed by atoms with Crippen molar-refractivity contribution in [3.05, 3.63) is 83.9 Å². The van der Waals surface area contributed by atoms with Crippen molar-refractivity contribution in [2.24, 2.45) is 0 Å². The largest absolute Gasteiger partial charge is 0.495 e. The van der Waals surface area contributed by atoms with Gasteiger partial charge in [0.2, 0.25) is 16.1 Å². The predicted molar refractivity (Wildman–Crippen MR) is 138 cm³/mol. The fraction of sp³-hybridized carbons (Fsp3) is 0.222. The molecule has 0 saturated heterocycles. The average Bonchev–Trinajstić information content (AvgIpc) is 2.95. The Bertz CT molecular complexity index is 1480. The number of nitrogens with one attached hydrogen (secondary N) is 1. The van der Waals surface area contributed by atoms with Gasteiger partial charge in [0.05, 0.1) is 12.7 Å². The van der Waals surface area contributed by atoms with E-state index in [-0.39, 0.29) is 29.4 Å². The van der Waals surface area contributed by atoms with E-state index in [1.807, 2.05) is 6.07 Å². The molecule has 0 bridgehead atoms. The summed E-state index contributed by atoms with van der Waals surface area (Å²) in [6.45, 7) is -0.787. The van der Waals surface area contributed by atoms with Gasteiger partial charge in [-0.15, -0.1) is 0 Å². The Morgan fingerprint density at radius 2 is 1.69 bits per heavy atom. The maximum absolute atomic E-state index is 13.3. The standard InChI is InChI=1S/C27H26N2O9S/c1-29(15-18-8-4-3-5-9-18)39(33,34)24-14-19(12-13-22(24)35-2)27(32)37-17-25(30)28-26(31)23-16-36-20-10-6-7-11-21(20)38-23/h3-14,23H,15-17H2,1-2H3,(H,28,30,31)/t23-/m1/s1. The van der Waals surface area contributed by atoms with Gasteiger partial charge >= 0.3 is 5.97 Å². The summed E-state index contributed by atoms with van der Waals surface area (Å²) in [5, 5.41) is 2.10. The van der Waals surface area contributed by atoms with Crippen LogP contribution in [0.1, 0.15) is 15.9 Å². The van der Waals surface area contributed by atoms with Crippen LogP contribution in [0.25, 0.3) is 0 Å². The molecule has 0 saturated carbocycles. The molecule has 1 heterocycles. The van der Waals surface area contributed by atoms with E-state index in [1.165, 1.54) is 26.3 Å². The zero-order chi connectivity index (χ0) is 28.0. The Balaban J connectivity index is 1.38. The highest BCUT2D eigenvalue weighted by Crippen LogP contribution is 2.31. The second kappa shape index (κ2) is 12.0. The van der Waals surface area contributed by atoms with Gasteiger partial charge in [-0.05, 0) is 35.9 Å². The number of nitrogens with zero attached hydrogens (tertiary/aromatic N) is 1. The number of esters is 1. The van der Waals surface area contributed by atoms with Gasteiger partial charge in [0.15, 0.2) is 18.1 Å². The van der Waals surface area contributed by atoms with Crippen LogP contribution in [0.15, 0.2) is 77.7 Å². The molecule has 1 aliphatic heterocycles. The van der Waals surface area contributed by atoms with Crippen LogP contribution in [-0.4, -0.2) is 64.0 Å². The van der Waals surface area contributed by atoms with Crippen molar-refractivity contribution < 1.29 is 41.7 Å². The lowest BCUT2D eigenvalue weighted by atomic mass is 10.2. The first-order chi connectivity index (χ1) is 18.7. The molecule has 0 radical (unpaired) electrons. The quantitative estimate of drug-likeness (QED) is 0.395. The van der Waals surface area contributed by atoms with Crippen LogP contribution in [-0.2, 0) is 30.9 Å². The Kier molecular flexibility index (Phi) is 8.47. The van der Waals surface area contributed by atoms with Gasteiger partial charge in [-0.25, -0.2) is 13.2 Å². The van der Waals surface area contributed by atoms with Crippen molar-refractivity contribution >= 4 is 27.8 Å². The van der Waals surface area contributed by atoms with Gasteiger partial charge in [-0.3, -0.25) is 14.9 Å². The normalized spacial score (nSPS) is 14.4. The molecule has 39 heavy (non-hydrogen) atoms. The molecule has 1 aliphatic rings. The van der Waals surface area contributed by atoms with Gasteiger partial charge in [0.25, 0.3) is 11.8 Å². The van der Waals surface area contributed by atoms with Gasteiger partial charge in [-0.1, -0.05) is 42.5 Å². The number of methoxy groups -OCH3 is 1. The van der Waals surface area contributed by atoms with Crippen LogP contribution in [0.2, 0.25) is 0 Å². The minimum atomic E-state index is -4.07. The van der Waals surface area contributed by atoms with Crippen molar-refractivity contribution in [3.8, 4) is 17.2 Å². The first kappa shape index (κ1) is 27.6. The van der Waals surface area contributed by atoms with Crippen molar-refractivity contribution in [1.29, 1.82) is 0 Å². The van der Waals surface area contributed by atoms with Crippen molar-refractivity contribution in [2.75, 3.05) is 27.4 Å². The average molecular weight is 555 g/mol. The number of imide groups is 1. The summed E-state index contributed by atoms with van der Waals surface area (Å²) < 4.78 is 48.9. The molecule has 204 valence electrons. The van der Waals surface area contributed by atoms with E-state index < -0.39 is 40.5 Å². The highest BCUT2D eigenvalue weighted by atomic mass is 32.2. The fourth-order valence-corrected chi connectivity index (χ4v) is 5.05. The van der Waals surface area contributed by atoms with E-state index in [4.69, 9.17) is 18.9 Å². The van der Waals surface area contributed by atoms with Gasteiger partial charge in [-0.2, -0.15) is 4.31 Å². The number of rotatable bonds is 9. The summed E-state index contributed by atoms with van der Waals surface area (Å²) in [5.74, 6) is -1.74. The van der Waals surface area contributed by atoms with E-state index in [0.29, 0.717) is 11.5 Å². The molecule has 0 fully saturated rings. The summed E-state index contributed by atoms with van der Waals surface area (Å²) in [4.78, 5) is 37.0. The van der Waals surface area contributed by atoms with Gasteiger partial charge < -0.3 is 18.9 Å². The predicted octanol–water partition coefficient (Wildman–Crippen LogP) is 2.16. The van der Waals surface area contributed by atoms with Crippen LogP contribution < -0.4 is 19.5 Å². The monoisotopic (exact) mass is 554 g/mol. The van der Waals surface area contributed by atoms with E-state index >= 15 is 0 Å². The molecule has 3 aromatic carbocycles. The molecular weight excluding hydrogens is 528 g/mol. The Morgan fingerprint density at radius 1 is 1.00 bits per heavy atom. The number of para-hydroxylation sites is 2. The number of hydrogen-bond donors (Lipinski definition) is 1. The van der Waals surface area contributed by atoms with Crippen molar-refractivity contribution in [2.45, 2.75) is 17.5 Å². The molecule has 2 amide bonds. The van der Waals surface area contributed by atoms with E-state index in [1.54, 1.807) is 48.5 Å². The maximum Gasteiger partial charge on any atom is 0.338 e. The van der Waals surface area contributed by atoms with E-state index in [9.17, 15) is 22.8 Å². The number of carbonyl (C=O) groups is 3. The third kappa shape index (κ3) is 6.54. The zero-order valence-corrected chi connectivity index (χ0v) is 22.0. The molecule has 11 nitrogen and oxygen atoms in total. The molecule has 0 unspecified atom stereocenters. The third-order valence-electron chi connectivity index (χ3n) is 5.73.